The number of anilines is 1. The number of hydrogen-bond donors (Lipinski definition) is 2. The molecular formula is C19H22N2O3S. The minimum atomic E-state index is -3.50. The lowest BCUT2D eigenvalue weighted by atomic mass is 10.2. The Labute approximate surface area is 148 Å². The molecule has 0 unspecified atom stereocenters. The van der Waals surface area contributed by atoms with Crippen LogP contribution >= 0.6 is 0 Å². The molecule has 132 valence electrons. The number of sulfonamides is 1. The van der Waals surface area contributed by atoms with E-state index < -0.39 is 10.0 Å². The highest BCUT2D eigenvalue weighted by Crippen LogP contribution is 2.14. The van der Waals surface area contributed by atoms with Gasteiger partial charge >= 0.3 is 0 Å². The second kappa shape index (κ2) is 9.15. The predicted octanol–water partition coefficient (Wildman–Crippen LogP) is 3.42. The summed E-state index contributed by atoms with van der Waals surface area (Å²) >= 11 is 0. The number of nitrogens with one attached hydrogen (secondary N) is 2. The van der Waals surface area contributed by atoms with E-state index in [1.165, 1.54) is 18.2 Å². The van der Waals surface area contributed by atoms with E-state index in [-0.39, 0.29) is 10.8 Å². The van der Waals surface area contributed by atoms with Crippen LogP contribution < -0.4 is 10.0 Å². The van der Waals surface area contributed by atoms with Crippen LogP contribution in [-0.2, 0) is 14.8 Å². The van der Waals surface area contributed by atoms with Crippen molar-refractivity contribution in [2.24, 2.45) is 0 Å². The van der Waals surface area contributed by atoms with Crippen molar-refractivity contribution in [2.45, 2.75) is 24.7 Å². The molecule has 2 aromatic carbocycles. The molecule has 2 N–H and O–H groups in total. The van der Waals surface area contributed by atoms with Crippen LogP contribution in [0, 0.1) is 0 Å². The quantitative estimate of drug-likeness (QED) is 0.561. The van der Waals surface area contributed by atoms with Crippen LogP contribution in [0.15, 0.2) is 65.6 Å². The molecule has 2 rings (SSSR count). The number of carbonyl (C=O) groups is 1. The van der Waals surface area contributed by atoms with Crippen LogP contribution in [0.5, 0.6) is 0 Å². The van der Waals surface area contributed by atoms with Crippen LogP contribution in [-0.4, -0.2) is 20.9 Å². The van der Waals surface area contributed by atoms with Gasteiger partial charge in [-0.2, -0.15) is 0 Å². The molecule has 5 nitrogen and oxygen atoms in total. The molecule has 0 atom stereocenters. The van der Waals surface area contributed by atoms with Gasteiger partial charge in [-0.05, 0) is 42.3 Å². The van der Waals surface area contributed by atoms with Gasteiger partial charge in [0, 0.05) is 18.3 Å². The van der Waals surface area contributed by atoms with Gasteiger partial charge in [-0.25, -0.2) is 13.1 Å². The number of carbonyl (C=O) groups excluding carboxylic acids is 1. The molecule has 0 aliphatic heterocycles. The van der Waals surface area contributed by atoms with E-state index in [0.717, 1.165) is 18.4 Å². The Morgan fingerprint density at radius 3 is 2.36 bits per heavy atom. The van der Waals surface area contributed by atoms with Crippen LogP contribution in [0.1, 0.15) is 25.3 Å². The lowest BCUT2D eigenvalue weighted by molar-refractivity contribution is -0.111. The fourth-order valence-corrected chi connectivity index (χ4v) is 3.18. The first-order valence-electron chi connectivity index (χ1n) is 8.15. The van der Waals surface area contributed by atoms with E-state index >= 15 is 0 Å². The lowest BCUT2D eigenvalue weighted by Crippen LogP contribution is -2.24. The summed E-state index contributed by atoms with van der Waals surface area (Å²) in [6, 6.07) is 15.6. The van der Waals surface area contributed by atoms with Gasteiger partial charge < -0.3 is 5.32 Å². The third kappa shape index (κ3) is 6.17. The molecule has 0 saturated heterocycles. The van der Waals surface area contributed by atoms with E-state index in [9.17, 15) is 13.2 Å². The standard InChI is InChI=1S/C19H22N2O3S/c1-2-3-15-20-25(23,24)18-12-10-17(11-13-18)21-19(22)14-9-16-7-5-4-6-8-16/h4-14,20H,2-3,15H2,1H3,(H,21,22). The van der Waals surface area contributed by atoms with Crippen molar-refractivity contribution in [2.75, 3.05) is 11.9 Å². The first kappa shape index (κ1) is 18.9. The number of hydrogen-bond acceptors (Lipinski definition) is 3. The Morgan fingerprint density at radius 1 is 1.04 bits per heavy atom. The average molecular weight is 358 g/mol. The summed E-state index contributed by atoms with van der Waals surface area (Å²) in [5, 5.41) is 2.70. The smallest absolute Gasteiger partial charge is 0.248 e. The molecule has 0 heterocycles. The van der Waals surface area contributed by atoms with E-state index in [0.29, 0.717) is 12.2 Å². The Bertz CT molecular complexity index is 814. The van der Waals surface area contributed by atoms with Crippen molar-refractivity contribution in [1.82, 2.24) is 4.72 Å². The molecule has 0 spiro atoms. The van der Waals surface area contributed by atoms with E-state index in [2.05, 4.69) is 10.0 Å². The normalized spacial score (nSPS) is 11.6. The zero-order chi connectivity index (χ0) is 18.1. The minimum absolute atomic E-state index is 0.182. The van der Waals surface area contributed by atoms with Crippen LogP contribution in [0.4, 0.5) is 5.69 Å². The van der Waals surface area contributed by atoms with Gasteiger partial charge in [0.15, 0.2) is 0 Å². The number of rotatable bonds is 8. The Morgan fingerprint density at radius 2 is 1.72 bits per heavy atom. The third-order valence-electron chi connectivity index (χ3n) is 3.48. The highest BCUT2D eigenvalue weighted by Gasteiger charge is 2.12. The highest BCUT2D eigenvalue weighted by atomic mass is 32.2. The number of amides is 1. The zero-order valence-electron chi connectivity index (χ0n) is 14.1. The molecule has 1 amide bonds. The van der Waals surface area contributed by atoms with Crippen molar-refractivity contribution < 1.29 is 13.2 Å². The predicted molar refractivity (Wildman–Crippen MR) is 101 cm³/mol. The molecule has 0 bridgehead atoms. The molecule has 0 radical (unpaired) electrons. The summed E-state index contributed by atoms with van der Waals surface area (Å²) < 4.78 is 26.7. The maximum atomic E-state index is 12.1. The molecule has 6 heteroatoms. The Hall–Kier alpha value is -2.44. The Kier molecular flexibility index (Phi) is 6.91. The van der Waals surface area contributed by atoms with Crippen molar-refractivity contribution in [1.29, 1.82) is 0 Å². The van der Waals surface area contributed by atoms with E-state index in [4.69, 9.17) is 0 Å². The van der Waals surface area contributed by atoms with Gasteiger partial charge in [-0.15, -0.1) is 0 Å². The summed E-state index contributed by atoms with van der Waals surface area (Å²) in [5.74, 6) is -0.277. The van der Waals surface area contributed by atoms with Crippen LogP contribution in [0.3, 0.4) is 0 Å². The molecule has 0 fully saturated rings. The molecule has 0 saturated carbocycles. The second-order valence-corrected chi connectivity index (χ2v) is 7.28. The van der Waals surface area contributed by atoms with Gasteiger partial charge in [-0.1, -0.05) is 43.7 Å². The largest absolute Gasteiger partial charge is 0.323 e. The summed E-state index contributed by atoms with van der Waals surface area (Å²) in [5.41, 5.74) is 1.47. The molecule has 0 aliphatic rings. The van der Waals surface area contributed by atoms with Crippen LogP contribution in [0.2, 0.25) is 0 Å². The summed E-state index contributed by atoms with van der Waals surface area (Å²) in [6.45, 7) is 2.42. The maximum absolute atomic E-state index is 12.1. The Balaban J connectivity index is 1.95. The minimum Gasteiger partial charge on any atom is -0.323 e. The topological polar surface area (TPSA) is 75.3 Å². The highest BCUT2D eigenvalue weighted by molar-refractivity contribution is 7.89. The second-order valence-electron chi connectivity index (χ2n) is 5.51. The summed E-state index contributed by atoms with van der Waals surface area (Å²) in [6.07, 6.45) is 4.86. The first-order chi connectivity index (χ1) is 12.0. The maximum Gasteiger partial charge on any atom is 0.248 e. The SMILES string of the molecule is CCCCNS(=O)(=O)c1ccc(NC(=O)C=Cc2ccccc2)cc1. The van der Waals surface area contributed by atoms with Crippen molar-refractivity contribution in [3.63, 3.8) is 0 Å². The van der Waals surface area contributed by atoms with Crippen molar-refractivity contribution in [3.8, 4) is 0 Å². The molecule has 0 aromatic heterocycles. The third-order valence-corrected chi connectivity index (χ3v) is 4.96. The molecule has 2 aromatic rings. The molecular weight excluding hydrogens is 336 g/mol. The van der Waals surface area contributed by atoms with Gasteiger partial charge in [0.25, 0.3) is 0 Å². The average Bonchev–Trinajstić information content (AvgIpc) is 2.61. The number of benzene rings is 2. The first-order valence-corrected chi connectivity index (χ1v) is 9.63. The monoisotopic (exact) mass is 358 g/mol. The van der Waals surface area contributed by atoms with Gasteiger partial charge in [0.05, 0.1) is 4.90 Å². The fourth-order valence-electron chi connectivity index (χ4n) is 2.10. The van der Waals surface area contributed by atoms with E-state index in [1.807, 2.05) is 37.3 Å². The van der Waals surface area contributed by atoms with Gasteiger partial charge in [0.2, 0.25) is 15.9 Å². The van der Waals surface area contributed by atoms with Crippen molar-refractivity contribution in [3.05, 3.63) is 66.2 Å². The van der Waals surface area contributed by atoms with E-state index in [1.54, 1.807) is 18.2 Å². The molecule has 0 aliphatic carbocycles. The number of unbranched alkanes of at least 4 members (excludes halogenated alkanes) is 1. The van der Waals surface area contributed by atoms with Gasteiger partial charge in [0.1, 0.15) is 0 Å². The summed E-state index contributed by atoms with van der Waals surface area (Å²) in [4.78, 5) is 12.1. The van der Waals surface area contributed by atoms with Crippen LogP contribution in [0.25, 0.3) is 6.08 Å². The summed E-state index contributed by atoms with van der Waals surface area (Å²) in [7, 11) is -3.50. The van der Waals surface area contributed by atoms with Gasteiger partial charge in [-0.3, -0.25) is 4.79 Å². The molecule has 25 heavy (non-hydrogen) atoms. The van der Waals surface area contributed by atoms with Crippen molar-refractivity contribution >= 4 is 27.7 Å². The zero-order valence-corrected chi connectivity index (χ0v) is 14.9. The lowest BCUT2D eigenvalue weighted by Gasteiger charge is -2.07. The fraction of sp³-hybridized carbons (Fsp3) is 0.211.